The Morgan fingerprint density at radius 3 is 2.39 bits per heavy atom. The van der Waals surface area contributed by atoms with Gasteiger partial charge >= 0.3 is 12.1 Å². The standard InChI is InChI=1S/C30H32N8O.C2HF3O2/c1-2-4-25-22(3-1)5-7-24(34-25)8-9-26-29(23-6-10-28(32-21-23)37-15-13-31-14-16-37)38-30(35-26)27(11-12-33-38)36-17-19-39-20-18-36;3-2(4,5)1(6)7/h1-7,10-12,21,31H,8-9,13-20H2;(H,6,7). The number of nitrogens with zero attached hydrogens (tertiary/aromatic N) is 7. The second kappa shape index (κ2) is 13.7. The molecule has 0 amide bonds. The highest BCUT2D eigenvalue weighted by Gasteiger charge is 2.38. The predicted molar refractivity (Wildman–Crippen MR) is 167 cm³/mol. The van der Waals surface area contributed by atoms with Crippen LogP contribution in [0.5, 0.6) is 0 Å². The lowest BCUT2D eigenvalue weighted by molar-refractivity contribution is -0.192. The summed E-state index contributed by atoms with van der Waals surface area (Å²) < 4.78 is 39.3. The first-order valence-corrected chi connectivity index (χ1v) is 15.0. The van der Waals surface area contributed by atoms with Gasteiger partial charge in [0.1, 0.15) is 5.82 Å². The first kappa shape index (κ1) is 31.2. The van der Waals surface area contributed by atoms with Gasteiger partial charge in [-0.05, 0) is 43.2 Å². The average Bonchev–Trinajstić information content (AvgIpc) is 3.46. The van der Waals surface area contributed by atoms with E-state index in [4.69, 9.17) is 34.7 Å². The smallest absolute Gasteiger partial charge is 0.475 e. The van der Waals surface area contributed by atoms with Crippen LogP contribution in [0.15, 0.2) is 67.0 Å². The number of anilines is 2. The van der Waals surface area contributed by atoms with Crippen molar-refractivity contribution in [2.45, 2.75) is 19.0 Å². The van der Waals surface area contributed by atoms with E-state index in [1.165, 1.54) is 0 Å². The molecule has 0 atom stereocenters. The lowest BCUT2D eigenvalue weighted by atomic mass is 10.1. The molecular weight excluding hydrogens is 601 g/mol. The van der Waals surface area contributed by atoms with Crippen molar-refractivity contribution < 1.29 is 27.8 Å². The van der Waals surface area contributed by atoms with Crippen LogP contribution in [0.3, 0.4) is 0 Å². The number of rotatable bonds is 6. The number of ether oxygens (including phenoxy) is 1. The number of carboxylic acids is 1. The first-order valence-electron chi connectivity index (χ1n) is 15.0. The topological polar surface area (TPSA) is 121 Å². The summed E-state index contributed by atoms with van der Waals surface area (Å²) in [6, 6.07) is 18.9. The van der Waals surface area contributed by atoms with Crippen molar-refractivity contribution in [2.24, 2.45) is 0 Å². The molecule has 2 aliphatic rings. The number of aryl methyl sites for hydroxylation is 2. The minimum Gasteiger partial charge on any atom is -0.475 e. The Balaban J connectivity index is 0.000000480. The third-order valence-corrected chi connectivity index (χ3v) is 7.90. The number of alkyl halides is 3. The predicted octanol–water partition coefficient (Wildman–Crippen LogP) is 4.00. The molecule has 0 bridgehead atoms. The molecule has 0 unspecified atom stereocenters. The maximum atomic E-state index is 10.6. The number of carboxylic acid groups (broad SMARTS) is 1. The molecule has 240 valence electrons. The van der Waals surface area contributed by atoms with Crippen LogP contribution in [0.2, 0.25) is 0 Å². The summed E-state index contributed by atoms with van der Waals surface area (Å²) in [5.74, 6) is -1.74. The number of pyridine rings is 2. The highest BCUT2D eigenvalue weighted by atomic mass is 19.4. The summed E-state index contributed by atoms with van der Waals surface area (Å²) in [5, 5.41) is 16.5. The molecule has 2 aliphatic heterocycles. The number of carbonyl (C=O) groups is 1. The van der Waals surface area contributed by atoms with Gasteiger partial charge in [0, 0.05) is 62.1 Å². The average molecular weight is 635 g/mol. The molecule has 2 saturated heterocycles. The number of aromatic nitrogens is 5. The largest absolute Gasteiger partial charge is 0.490 e. The maximum Gasteiger partial charge on any atom is 0.490 e. The molecular formula is C32H33F3N8O3. The van der Waals surface area contributed by atoms with Gasteiger partial charge in [-0.25, -0.2) is 19.3 Å². The normalized spacial score (nSPS) is 15.5. The van der Waals surface area contributed by atoms with Gasteiger partial charge in [-0.15, -0.1) is 0 Å². The number of morpholine rings is 1. The zero-order chi connectivity index (χ0) is 32.1. The molecule has 5 aromatic rings. The zero-order valence-electron chi connectivity index (χ0n) is 25.0. The van der Waals surface area contributed by atoms with E-state index >= 15 is 0 Å². The van der Waals surface area contributed by atoms with Gasteiger partial charge in [-0.1, -0.05) is 24.3 Å². The maximum absolute atomic E-state index is 10.6. The summed E-state index contributed by atoms with van der Waals surface area (Å²) in [6.45, 7) is 7.04. The second-order valence-electron chi connectivity index (χ2n) is 10.9. The number of halogens is 3. The van der Waals surface area contributed by atoms with Crippen molar-refractivity contribution in [2.75, 3.05) is 62.3 Å². The Labute approximate surface area is 262 Å². The van der Waals surface area contributed by atoms with Crippen molar-refractivity contribution >= 4 is 34.0 Å². The lowest BCUT2D eigenvalue weighted by Crippen LogP contribution is -2.43. The van der Waals surface area contributed by atoms with Crippen LogP contribution < -0.4 is 15.1 Å². The van der Waals surface area contributed by atoms with Crippen LogP contribution in [0.4, 0.5) is 24.7 Å². The molecule has 11 nitrogen and oxygen atoms in total. The third kappa shape index (κ3) is 7.02. The van der Waals surface area contributed by atoms with Crippen molar-refractivity contribution in [1.29, 1.82) is 0 Å². The number of imidazole rings is 1. The first-order chi connectivity index (χ1) is 22.3. The Bertz CT molecular complexity index is 1800. The SMILES string of the molecule is O=C(O)C(F)(F)F.c1ccc2nc(CCc3nc4c(N5CCOCC5)ccnn4c3-c3ccc(N4CCNCC4)nc3)ccc2c1. The molecule has 0 saturated carbocycles. The van der Waals surface area contributed by atoms with Gasteiger partial charge in [-0.2, -0.15) is 18.3 Å². The number of para-hydroxylation sites is 1. The molecule has 6 heterocycles. The lowest BCUT2D eigenvalue weighted by Gasteiger charge is -2.28. The number of hydrogen-bond acceptors (Lipinski definition) is 9. The fourth-order valence-corrected chi connectivity index (χ4v) is 5.59. The second-order valence-corrected chi connectivity index (χ2v) is 10.9. The van der Waals surface area contributed by atoms with Crippen molar-refractivity contribution in [1.82, 2.24) is 29.9 Å². The van der Waals surface area contributed by atoms with Crippen LogP contribution in [0.1, 0.15) is 11.4 Å². The zero-order valence-corrected chi connectivity index (χ0v) is 25.0. The van der Waals surface area contributed by atoms with E-state index in [1.54, 1.807) is 0 Å². The summed E-state index contributed by atoms with van der Waals surface area (Å²) in [4.78, 5) is 28.5. The molecule has 2 fully saturated rings. The van der Waals surface area contributed by atoms with Crippen LogP contribution >= 0.6 is 0 Å². The van der Waals surface area contributed by atoms with E-state index < -0.39 is 12.1 Å². The van der Waals surface area contributed by atoms with Crippen LogP contribution in [-0.2, 0) is 22.4 Å². The summed E-state index contributed by atoms with van der Waals surface area (Å²) in [7, 11) is 0. The number of hydrogen-bond donors (Lipinski definition) is 2. The van der Waals surface area contributed by atoms with Gasteiger partial charge in [0.05, 0.1) is 42.0 Å². The Morgan fingerprint density at radius 1 is 0.913 bits per heavy atom. The van der Waals surface area contributed by atoms with E-state index in [9.17, 15) is 13.2 Å². The van der Waals surface area contributed by atoms with Crippen LogP contribution in [-0.4, -0.2) is 94.3 Å². The number of benzene rings is 1. The summed E-state index contributed by atoms with van der Waals surface area (Å²) in [5.41, 5.74) is 7.08. The Kier molecular flexibility index (Phi) is 9.26. The molecule has 0 aliphatic carbocycles. The monoisotopic (exact) mass is 634 g/mol. The fourth-order valence-electron chi connectivity index (χ4n) is 5.59. The molecule has 2 N–H and O–H groups in total. The van der Waals surface area contributed by atoms with Crippen molar-refractivity contribution in [3.8, 4) is 11.3 Å². The number of fused-ring (bicyclic) bond motifs is 2. The number of piperazine rings is 1. The fraction of sp³-hybridized carbons (Fsp3) is 0.344. The van der Waals surface area contributed by atoms with Crippen LogP contribution in [0.25, 0.3) is 27.8 Å². The highest BCUT2D eigenvalue weighted by molar-refractivity contribution is 5.78. The Hall–Kier alpha value is -4.82. The number of aliphatic carboxylic acids is 1. The molecule has 7 rings (SSSR count). The molecule has 4 aromatic heterocycles. The van der Waals surface area contributed by atoms with Gasteiger partial charge in [0.15, 0.2) is 5.65 Å². The molecule has 1 aromatic carbocycles. The Morgan fingerprint density at radius 2 is 1.67 bits per heavy atom. The van der Waals surface area contributed by atoms with E-state index in [0.29, 0.717) is 0 Å². The van der Waals surface area contributed by atoms with Crippen LogP contribution in [0, 0.1) is 0 Å². The quantitative estimate of drug-likeness (QED) is 0.284. The van der Waals surface area contributed by atoms with Gasteiger partial charge < -0.3 is 25.0 Å². The van der Waals surface area contributed by atoms with Gasteiger partial charge in [0.2, 0.25) is 0 Å². The minimum atomic E-state index is -5.08. The summed E-state index contributed by atoms with van der Waals surface area (Å²) in [6.07, 6.45) is 0.314. The van der Waals surface area contributed by atoms with Crippen molar-refractivity contribution in [3.63, 3.8) is 0 Å². The summed E-state index contributed by atoms with van der Waals surface area (Å²) >= 11 is 0. The number of nitrogens with one attached hydrogen (secondary N) is 1. The molecule has 0 spiro atoms. The van der Waals surface area contributed by atoms with Gasteiger partial charge in [-0.3, -0.25) is 4.98 Å². The minimum absolute atomic E-state index is 0.722. The van der Waals surface area contributed by atoms with E-state index in [0.717, 1.165) is 116 Å². The molecule has 14 heteroatoms. The van der Waals surface area contributed by atoms with E-state index in [2.05, 4.69) is 57.6 Å². The third-order valence-electron chi connectivity index (χ3n) is 7.90. The van der Waals surface area contributed by atoms with E-state index in [-0.39, 0.29) is 0 Å². The molecule has 46 heavy (non-hydrogen) atoms. The van der Waals surface area contributed by atoms with E-state index in [1.807, 2.05) is 29.0 Å². The highest BCUT2D eigenvalue weighted by Crippen LogP contribution is 2.31. The van der Waals surface area contributed by atoms with Gasteiger partial charge in [0.25, 0.3) is 0 Å². The van der Waals surface area contributed by atoms with Crippen molar-refractivity contribution in [3.05, 3.63) is 78.4 Å². The molecule has 0 radical (unpaired) electrons.